The summed E-state index contributed by atoms with van der Waals surface area (Å²) in [7, 11) is -0.900. The van der Waals surface area contributed by atoms with Crippen molar-refractivity contribution < 1.29 is 51.0 Å². The summed E-state index contributed by atoms with van der Waals surface area (Å²) >= 11 is 0. The number of hydrogen-bond acceptors (Lipinski definition) is 0. The molecule has 0 saturated carbocycles. The van der Waals surface area contributed by atoms with Crippen LogP contribution in [-0.4, -0.2) is 15.2 Å². The number of aryl methyl sites for hydroxylation is 1. The molecule has 1 aliphatic rings. The first-order valence-corrected chi connectivity index (χ1v) is 15.5. The number of rotatable bonds is 0. The van der Waals surface area contributed by atoms with Crippen molar-refractivity contribution in [3.05, 3.63) is 72.3 Å². The predicted molar refractivity (Wildman–Crippen MR) is 106 cm³/mol. The van der Waals surface area contributed by atoms with Gasteiger partial charge in [0.25, 0.3) is 0 Å². The molecule has 0 amide bonds. The van der Waals surface area contributed by atoms with Gasteiger partial charge in [0.2, 0.25) is 0 Å². The average molecular weight is 487 g/mol. The van der Waals surface area contributed by atoms with E-state index in [1.54, 1.807) is 5.67 Å². The van der Waals surface area contributed by atoms with Gasteiger partial charge in [-0.05, 0) is 0 Å². The maximum absolute atomic E-state index is 2.53. The molecule has 0 spiro atoms. The van der Waals surface area contributed by atoms with E-state index < -0.39 is 15.2 Å². The van der Waals surface area contributed by atoms with E-state index in [2.05, 4.69) is 87.7 Å². The molecule has 1 fully saturated rings. The quantitative estimate of drug-likeness (QED) is 0.317. The summed E-state index contributed by atoms with van der Waals surface area (Å²) in [4.78, 5) is 0. The van der Waals surface area contributed by atoms with Crippen molar-refractivity contribution in [2.45, 2.75) is 38.8 Å². The van der Waals surface area contributed by atoms with Gasteiger partial charge in [-0.1, -0.05) is 44.8 Å². The molecule has 5 heteroatoms. The number of halogens is 2. The zero-order valence-corrected chi connectivity index (χ0v) is 21.8. The number of fused-ring (bicyclic) bond motifs is 1. The molecule has 0 N–H and O–H groups in total. The SMILES string of the molecule is C[Si]1(C)C[Si]1(C)C.Cc1cc[cH-]c1.[Cl-].[Cl-].[Zr+4].c1ccc2[cH-]ccc2c1. The van der Waals surface area contributed by atoms with Crippen LogP contribution in [0.25, 0.3) is 10.8 Å². The molecule has 0 radical (unpaired) electrons. The molecule has 0 bridgehead atoms. The van der Waals surface area contributed by atoms with Gasteiger partial charge < -0.3 is 24.8 Å². The van der Waals surface area contributed by atoms with Crippen molar-refractivity contribution in [2.24, 2.45) is 0 Å². The monoisotopic (exact) mass is 484 g/mol. The van der Waals surface area contributed by atoms with Gasteiger partial charge in [0.1, 0.15) is 0 Å². The van der Waals surface area contributed by atoms with E-state index in [9.17, 15) is 0 Å². The van der Waals surface area contributed by atoms with E-state index in [4.69, 9.17) is 0 Å². The first-order valence-electron chi connectivity index (χ1n) is 8.11. The van der Waals surface area contributed by atoms with E-state index in [-0.39, 0.29) is 51.0 Å². The van der Waals surface area contributed by atoms with E-state index in [0.29, 0.717) is 0 Å². The Morgan fingerprint density at radius 2 is 1.40 bits per heavy atom. The van der Waals surface area contributed by atoms with Gasteiger partial charge in [0.05, 0.1) is 0 Å². The maximum Gasteiger partial charge on any atom is 4.00 e. The molecule has 1 heterocycles. The van der Waals surface area contributed by atoms with Crippen LogP contribution in [0.1, 0.15) is 5.56 Å². The van der Waals surface area contributed by atoms with Gasteiger partial charge >= 0.3 is 26.2 Å². The van der Waals surface area contributed by atoms with Crippen LogP contribution in [0.4, 0.5) is 0 Å². The van der Waals surface area contributed by atoms with Gasteiger partial charge in [0.15, 0.2) is 0 Å². The molecule has 3 aromatic carbocycles. The second-order valence-electron chi connectivity index (χ2n) is 7.56. The largest absolute Gasteiger partial charge is 4.00 e. The molecule has 134 valence electrons. The Morgan fingerprint density at radius 3 is 1.76 bits per heavy atom. The van der Waals surface area contributed by atoms with Gasteiger partial charge in [-0.2, -0.15) is 35.7 Å². The normalized spacial score (nSPS) is 14.9. The average Bonchev–Trinajstić information content (AvgIpc) is 2.94. The second-order valence-corrected chi connectivity index (χ2v) is 24.6. The molecule has 1 aliphatic heterocycles. The summed E-state index contributed by atoms with van der Waals surface area (Å²) in [6.45, 7) is 12.2. The van der Waals surface area contributed by atoms with Crippen LogP contribution in [0, 0.1) is 6.92 Å². The van der Waals surface area contributed by atoms with Crippen molar-refractivity contribution in [2.75, 3.05) is 0 Å². The Bertz CT molecular complexity index is 661. The Hall–Kier alpha value is 0.0769. The Morgan fingerprint density at radius 1 is 0.840 bits per heavy atom. The van der Waals surface area contributed by atoms with Crippen LogP contribution in [-0.2, 0) is 26.2 Å². The Balaban J connectivity index is 0. The third kappa shape index (κ3) is 8.54. The van der Waals surface area contributed by atoms with Crippen molar-refractivity contribution in [3.8, 4) is 0 Å². The molecule has 4 rings (SSSR count). The molecular weight excluding hydrogens is 459 g/mol. The molecule has 3 aromatic rings. The van der Waals surface area contributed by atoms with Crippen LogP contribution in [0.2, 0.25) is 31.9 Å². The summed E-state index contributed by atoms with van der Waals surface area (Å²) < 4.78 is 0. The van der Waals surface area contributed by atoms with Gasteiger partial charge in [-0.3, -0.25) is 0 Å². The molecule has 0 nitrogen and oxygen atoms in total. The van der Waals surface area contributed by atoms with Crippen molar-refractivity contribution in [1.29, 1.82) is 0 Å². The minimum atomic E-state index is -0.450. The molecule has 0 unspecified atom stereocenters. The second kappa shape index (κ2) is 11.7. The first-order chi connectivity index (χ1) is 10.3. The third-order valence-electron chi connectivity index (χ3n) is 4.97. The van der Waals surface area contributed by atoms with Crippen LogP contribution >= 0.6 is 0 Å². The van der Waals surface area contributed by atoms with Crippen LogP contribution in [0.3, 0.4) is 0 Å². The summed E-state index contributed by atoms with van der Waals surface area (Å²) in [6.07, 6.45) is 0. The van der Waals surface area contributed by atoms with Gasteiger partial charge in [-0.25, -0.2) is 11.6 Å². The Kier molecular flexibility index (Phi) is 12.8. The fraction of sp³-hybridized carbons (Fsp3) is 0.300. The van der Waals surface area contributed by atoms with Gasteiger partial charge in [0, 0.05) is 15.2 Å². The third-order valence-corrected chi connectivity index (χ3v) is 25.7. The fourth-order valence-corrected chi connectivity index (χ4v) is 17.5. The minimum Gasteiger partial charge on any atom is -1.00 e. The molecule has 1 saturated heterocycles. The van der Waals surface area contributed by atoms with Crippen LogP contribution < -0.4 is 24.8 Å². The van der Waals surface area contributed by atoms with Gasteiger partial charge in [-0.15, -0.1) is 29.7 Å². The van der Waals surface area contributed by atoms with Crippen molar-refractivity contribution >= 4 is 26.0 Å². The molecule has 0 aromatic heterocycles. The van der Waals surface area contributed by atoms with E-state index in [1.807, 2.05) is 12.1 Å². The predicted octanol–water partition coefficient (Wildman–Crippen LogP) is 0.313. The summed E-state index contributed by atoms with van der Waals surface area (Å²) in [5, 5.41) is 2.66. The number of hydrogen-bond donors (Lipinski definition) is 0. The van der Waals surface area contributed by atoms with E-state index in [0.717, 1.165) is 0 Å². The molecule has 0 atom stereocenters. The van der Waals surface area contributed by atoms with Crippen molar-refractivity contribution in [3.63, 3.8) is 0 Å². The zero-order valence-electron chi connectivity index (χ0n) is 15.8. The molecule has 0 aliphatic carbocycles. The van der Waals surface area contributed by atoms with E-state index >= 15 is 0 Å². The molecular formula is C20H28Cl2Si2Zr. The summed E-state index contributed by atoms with van der Waals surface area (Å²) in [6, 6.07) is 22.9. The zero-order chi connectivity index (χ0) is 16.2. The topological polar surface area (TPSA) is 0 Å². The first kappa shape index (κ1) is 27.3. The molecule has 25 heavy (non-hydrogen) atoms. The van der Waals surface area contributed by atoms with Crippen molar-refractivity contribution in [1.82, 2.24) is 0 Å². The summed E-state index contributed by atoms with van der Waals surface area (Å²) in [5.41, 5.74) is 3.02. The van der Waals surface area contributed by atoms with Crippen LogP contribution in [0.5, 0.6) is 0 Å². The fourth-order valence-electron chi connectivity index (χ4n) is 2.60. The number of benzene rings is 1. The minimum absolute atomic E-state index is 0. The standard InChI is InChI=1S/C9H7.C6H7.C5H14Si2.2ClH.Zr/c1-2-5-9-7-3-6-8(9)4-1;1-6-4-2-3-5-6;1-6(2)5-7(6,3)4;;;/h1-7H;2-5H,1H3;5H2,1-4H3;2*1H;/q2*-1;;;;+4/p-2. The van der Waals surface area contributed by atoms with E-state index in [1.165, 1.54) is 16.3 Å². The summed E-state index contributed by atoms with van der Waals surface area (Å²) in [5.74, 6) is 0. The smallest absolute Gasteiger partial charge is 1.00 e. The maximum atomic E-state index is 2.53. The van der Waals surface area contributed by atoms with Crippen LogP contribution in [0.15, 0.2) is 66.7 Å². The Labute approximate surface area is 186 Å².